The third kappa shape index (κ3) is 3.96. The Balaban J connectivity index is 1.58. The Morgan fingerprint density at radius 2 is 1.56 bits per heavy atom. The Hall–Kier alpha value is -1.92. The molecule has 7 nitrogen and oxygen atoms in total. The zero-order valence-electron chi connectivity index (χ0n) is 20.0. The van der Waals surface area contributed by atoms with Crippen LogP contribution in [0.3, 0.4) is 0 Å². The number of fused-ring (bicyclic) bond motifs is 5. The van der Waals surface area contributed by atoms with Crippen LogP contribution < -0.4 is 0 Å². The Labute approximate surface area is 190 Å². The van der Waals surface area contributed by atoms with Crippen molar-refractivity contribution in [1.82, 2.24) is 0 Å². The number of ether oxygens (including phenoxy) is 2. The van der Waals surface area contributed by atoms with Gasteiger partial charge in [-0.1, -0.05) is 19.0 Å². The Bertz CT molecular complexity index is 823. The molecule has 4 saturated carbocycles. The fourth-order valence-electron chi connectivity index (χ4n) is 7.92. The van der Waals surface area contributed by atoms with E-state index in [0.717, 1.165) is 57.1 Å². The minimum absolute atomic E-state index is 0.0540. The van der Waals surface area contributed by atoms with Gasteiger partial charge in [0.25, 0.3) is 0 Å². The van der Waals surface area contributed by atoms with Crippen LogP contribution in [0.2, 0.25) is 0 Å². The van der Waals surface area contributed by atoms with E-state index in [1.54, 1.807) is 0 Å². The van der Waals surface area contributed by atoms with Crippen LogP contribution in [0.1, 0.15) is 86.0 Å². The van der Waals surface area contributed by atoms with E-state index in [9.17, 15) is 14.4 Å². The number of carbonyl (C=O) groups is 3. The van der Waals surface area contributed by atoms with Crippen molar-refractivity contribution in [2.45, 2.75) is 98.2 Å². The molecule has 0 amide bonds. The number of oxime groups is 1. The fourth-order valence-corrected chi connectivity index (χ4v) is 7.92. The van der Waals surface area contributed by atoms with E-state index in [1.807, 2.05) is 0 Å². The molecule has 0 N–H and O–H groups in total. The van der Waals surface area contributed by atoms with Crippen LogP contribution in [0.4, 0.5) is 0 Å². The van der Waals surface area contributed by atoms with E-state index < -0.39 is 12.1 Å². The number of nitrogens with zero attached hydrogens (tertiary/aromatic N) is 1. The summed E-state index contributed by atoms with van der Waals surface area (Å²) >= 11 is 0. The van der Waals surface area contributed by atoms with Crippen LogP contribution in [-0.2, 0) is 28.7 Å². The Kier molecular flexibility index (Phi) is 6.14. The largest absolute Gasteiger partial charge is 0.463 e. The number of hydrogen-bond acceptors (Lipinski definition) is 7. The first-order valence-corrected chi connectivity index (χ1v) is 12.1. The topological polar surface area (TPSA) is 91.3 Å². The SMILES string of the molecule is CC(=O)ON=C1[C@H](OC(C)=O)C[C@H]2[C@@H]3CC[C@H]4C[C@@H](OC(C)=O)CC[C@]4(C)[C@H]3CC[C@]12C. The van der Waals surface area contributed by atoms with Gasteiger partial charge < -0.3 is 14.3 Å². The molecule has 4 rings (SSSR count). The third-order valence-corrected chi connectivity index (χ3v) is 9.28. The molecular formula is C25H37NO6. The maximum absolute atomic E-state index is 11.8. The molecule has 7 heteroatoms. The fraction of sp³-hybridized carbons (Fsp3) is 0.840. The van der Waals surface area contributed by atoms with Crippen LogP contribution in [0.15, 0.2) is 5.16 Å². The molecule has 0 spiro atoms. The highest BCUT2D eigenvalue weighted by molar-refractivity contribution is 5.97. The van der Waals surface area contributed by atoms with Crippen molar-refractivity contribution >= 4 is 23.6 Å². The van der Waals surface area contributed by atoms with Gasteiger partial charge in [-0.2, -0.15) is 0 Å². The summed E-state index contributed by atoms with van der Waals surface area (Å²) in [6.45, 7) is 8.93. The van der Waals surface area contributed by atoms with Crippen molar-refractivity contribution in [2.24, 2.45) is 39.7 Å². The number of esters is 2. The molecule has 0 heterocycles. The van der Waals surface area contributed by atoms with Crippen LogP contribution in [0.25, 0.3) is 0 Å². The molecule has 32 heavy (non-hydrogen) atoms. The first-order valence-electron chi connectivity index (χ1n) is 12.1. The lowest BCUT2D eigenvalue weighted by atomic mass is 9.45. The van der Waals surface area contributed by atoms with Gasteiger partial charge in [0, 0.05) is 26.2 Å². The summed E-state index contributed by atoms with van der Waals surface area (Å²) in [5, 5.41) is 4.23. The summed E-state index contributed by atoms with van der Waals surface area (Å²) in [6, 6.07) is 0. The maximum Gasteiger partial charge on any atom is 0.331 e. The highest BCUT2D eigenvalue weighted by atomic mass is 16.7. The summed E-state index contributed by atoms with van der Waals surface area (Å²) in [5.41, 5.74) is 0.736. The summed E-state index contributed by atoms with van der Waals surface area (Å²) in [4.78, 5) is 39.8. The number of carbonyl (C=O) groups excluding carboxylic acids is 3. The minimum Gasteiger partial charge on any atom is -0.463 e. The van der Waals surface area contributed by atoms with Gasteiger partial charge >= 0.3 is 17.9 Å². The second-order valence-corrected chi connectivity index (χ2v) is 11.0. The van der Waals surface area contributed by atoms with Gasteiger partial charge in [0.15, 0.2) is 0 Å². The lowest BCUT2D eigenvalue weighted by Gasteiger charge is -2.60. The van der Waals surface area contributed by atoms with E-state index in [2.05, 4.69) is 19.0 Å². The van der Waals surface area contributed by atoms with Gasteiger partial charge in [-0.05, 0) is 80.5 Å². The minimum atomic E-state index is -0.461. The van der Waals surface area contributed by atoms with Gasteiger partial charge in [-0.3, -0.25) is 9.59 Å². The van der Waals surface area contributed by atoms with Gasteiger partial charge in [0.05, 0.1) is 0 Å². The lowest BCUT2D eigenvalue weighted by Crippen LogP contribution is -2.54. The molecule has 4 aliphatic rings. The molecule has 0 saturated heterocycles. The summed E-state index contributed by atoms with van der Waals surface area (Å²) in [7, 11) is 0. The van der Waals surface area contributed by atoms with E-state index in [0.29, 0.717) is 23.7 Å². The van der Waals surface area contributed by atoms with Crippen molar-refractivity contribution < 1.29 is 28.7 Å². The number of rotatable bonds is 3. The van der Waals surface area contributed by atoms with Crippen molar-refractivity contribution in [3.63, 3.8) is 0 Å². The Morgan fingerprint density at radius 3 is 2.22 bits per heavy atom. The molecule has 4 fully saturated rings. The van der Waals surface area contributed by atoms with Gasteiger partial charge in [-0.25, -0.2) is 4.79 Å². The molecule has 0 radical (unpaired) electrons. The zero-order valence-corrected chi connectivity index (χ0v) is 20.0. The Morgan fingerprint density at radius 1 is 0.844 bits per heavy atom. The van der Waals surface area contributed by atoms with Crippen LogP contribution in [0, 0.1) is 34.5 Å². The number of hydrogen-bond donors (Lipinski definition) is 0. The van der Waals surface area contributed by atoms with Gasteiger partial charge in [0.2, 0.25) is 0 Å². The molecule has 0 aromatic rings. The van der Waals surface area contributed by atoms with Crippen molar-refractivity contribution in [3.8, 4) is 0 Å². The van der Waals surface area contributed by atoms with E-state index in [4.69, 9.17) is 14.3 Å². The first-order chi connectivity index (χ1) is 15.0. The maximum atomic E-state index is 11.8. The highest BCUT2D eigenvalue weighted by Gasteiger charge is 2.62. The lowest BCUT2D eigenvalue weighted by molar-refractivity contribution is -0.158. The molecule has 4 aliphatic carbocycles. The summed E-state index contributed by atoms with van der Waals surface area (Å²) < 4.78 is 11.2. The molecule has 0 aromatic heterocycles. The van der Waals surface area contributed by atoms with Crippen LogP contribution in [-0.4, -0.2) is 35.8 Å². The summed E-state index contributed by atoms with van der Waals surface area (Å²) in [5.74, 6) is 1.09. The van der Waals surface area contributed by atoms with Gasteiger partial charge in [-0.15, -0.1) is 0 Å². The molecule has 0 aliphatic heterocycles. The predicted octanol–water partition coefficient (Wildman–Crippen LogP) is 4.42. The van der Waals surface area contributed by atoms with E-state index in [1.165, 1.54) is 20.8 Å². The monoisotopic (exact) mass is 447 g/mol. The predicted molar refractivity (Wildman–Crippen MR) is 117 cm³/mol. The molecule has 178 valence electrons. The van der Waals surface area contributed by atoms with E-state index >= 15 is 0 Å². The van der Waals surface area contributed by atoms with E-state index in [-0.39, 0.29) is 28.9 Å². The van der Waals surface area contributed by atoms with Crippen LogP contribution in [0.5, 0.6) is 0 Å². The second kappa shape index (κ2) is 8.45. The van der Waals surface area contributed by atoms with Crippen molar-refractivity contribution in [3.05, 3.63) is 0 Å². The molecule has 8 atom stereocenters. The quantitative estimate of drug-likeness (QED) is 0.361. The van der Waals surface area contributed by atoms with Crippen LogP contribution >= 0.6 is 0 Å². The average molecular weight is 448 g/mol. The summed E-state index contributed by atoms with van der Waals surface area (Å²) in [6.07, 6.45) is 7.67. The standard InChI is InChI=1S/C25H37NO6/c1-14(27)30-18-8-10-24(4)17(12-18)6-7-19-20(24)9-11-25(5)21(19)13-22(31-15(2)28)23(25)26-32-16(3)29/h17-22H,6-13H2,1-5H3/t17-,18-,19+,20-,21-,22+,24-,25-/m0/s1. The molecule has 0 unspecified atom stereocenters. The van der Waals surface area contributed by atoms with Crippen molar-refractivity contribution in [1.29, 1.82) is 0 Å². The molecular weight excluding hydrogens is 410 g/mol. The molecule has 0 aromatic carbocycles. The molecule has 0 bridgehead atoms. The van der Waals surface area contributed by atoms with Gasteiger partial charge in [0.1, 0.15) is 17.9 Å². The third-order valence-electron chi connectivity index (χ3n) is 9.28. The van der Waals surface area contributed by atoms with Crippen molar-refractivity contribution in [2.75, 3.05) is 0 Å². The smallest absolute Gasteiger partial charge is 0.331 e. The second-order valence-electron chi connectivity index (χ2n) is 11.0. The zero-order chi connectivity index (χ0) is 23.3. The first kappa shape index (κ1) is 23.2. The highest BCUT2D eigenvalue weighted by Crippen LogP contribution is 2.66. The normalized spacial score (nSPS) is 44.1. The average Bonchev–Trinajstić information content (AvgIpc) is 2.96.